The van der Waals surface area contributed by atoms with E-state index < -0.39 is 12.0 Å². The first kappa shape index (κ1) is 16.3. The van der Waals surface area contributed by atoms with Gasteiger partial charge in [-0.05, 0) is 25.0 Å². The van der Waals surface area contributed by atoms with Crippen LogP contribution >= 0.6 is 11.6 Å². The van der Waals surface area contributed by atoms with Crippen molar-refractivity contribution < 1.29 is 14.7 Å². The van der Waals surface area contributed by atoms with Gasteiger partial charge in [0.05, 0.1) is 17.1 Å². The van der Waals surface area contributed by atoms with Crippen molar-refractivity contribution in [3.8, 4) is 0 Å². The van der Waals surface area contributed by atoms with Crippen LogP contribution in [0.3, 0.4) is 0 Å². The van der Waals surface area contributed by atoms with Crippen LogP contribution in [-0.2, 0) is 4.79 Å². The van der Waals surface area contributed by atoms with Gasteiger partial charge in [0, 0.05) is 6.04 Å². The van der Waals surface area contributed by atoms with Crippen LogP contribution in [0.1, 0.15) is 31.7 Å². The van der Waals surface area contributed by atoms with E-state index in [1.54, 1.807) is 12.1 Å². The number of carboxylic acid groups (broad SMARTS) is 1. The molecule has 0 aromatic heterocycles. The molecule has 5 nitrogen and oxygen atoms in total. The fourth-order valence-corrected chi connectivity index (χ4v) is 2.18. The van der Waals surface area contributed by atoms with Crippen molar-refractivity contribution in [3.05, 3.63) is 28.8 Å². The zero-order valence-corrected chi connectivity index (χ0v) is 12.3. The number of urea groups is 1. The van der Waals surface area contributed by atoms with Crippen LogP contribution in [0.15, 0.2) is 18.2 Å². The first-order valence-electron chi connectivity index (χ1n) is 6.48. The molecule has 20 heavy (non-hydrogen) atoms. The summed E-state index contributed by atoms with van der Waals surface area (Å²) in [5.74, 6) is -0.933. The predicted molar refractivity (Wildman–Crippen MR) is 79.3 cm³/mol. The monoisotopic (exact) mass is 298 g/mol. The maximum atomic E-state index is 11.9. The maximum absolute atomic E-state index is 11.9. The summed E-state index contributed by atoms with van der Waals surface area (Å²) in [6.07, 6.45) is 1.31. The molecule has 0 spiro atoms. The number of rotatable bonds is 6. The Hall–Kier alpha value is -1.75. The first-order chi connectivity index (χ1) is 9.43. The molecular weight excluding hydrogens is 280 g/mol. The summed E-state index contributed by atoms with van der Waals surface area (Å²) in [7, 11) is 0. The Balaban J connectivity index is 2.68. The predicted octanol–water partition coefficient (Wildman–Crippen LogP) is 3.41. The second-order valence-electron chi connectivity index (χ2n) is 4.61. The van der Waals surface area contributed by atoms with E-state index in [9.17, 15) is 9.59 Å². The van der Waals surface area contributed by atoms with Gasteiger partial charge in [0.2, 0.25) is 0 Å². The van der Waals surface area contributed by atoms with Crippen LogP contribution in [0.25, 0.3) is 0 Å². The van der Waals surface area contributed by atoms with E-state index in [4.69, 9.17) is 16.7 Å². The molecule has 3 N–H and O–H groups in total. The number of halogens is 1. The number of amides is 2. The molecule has 1 unspecified atom stereocenters. The largest absolute Gasteiger partial charge is 0.481 e. The number of aliphatic carboxylic acids is 1. The van der Waals surface area contributed by atoms with E-state index in [0.717, 1.165) is 12.0 Å². The molecule has 0 aliphatic carbocycles. The Morgan fingerprint density at radius 2 is 2.10 bits per heavy atom. The highest BCUT2D eigenvalue weighted by Crippen LogP contribution is 2.25. The molecule has 0 aliphatic heterocycles. The highest BCUT2D eigenvalue weighted by atomic mass is 35.5. The molecule has 1 rings (SSSR count). The lowest BCUT2D eigenvalue weighted by Crippen LogP contribution is -2.39. The quantitative estimate of drug-likeness (QED) is 0.753. The van der Waals surface area contributed by atoms with Crippen molar-refractivity contribution in [1.29, 1.82) is 0 Å². The van der Waals surface area contributed by atoms with Gasteiger partial charge in [-0.15, -0.1) is 0 Å². The van der Waals surface area contributed by atoms with Crippen LogP contribution in [0, 0.1) is 6.92 Å². The van der Waals surface area contributed by atoms with Crippen LogP contribution in [0.2, 0.25) is 5.02 Å². The van der Waals surface area contributed by atoms with Crippen molar-refractivity contribution in [3.63, 3.8) is 0 Å². The minimum absolute atomic E-state index is 0.0945. The van der Waals surface area contributed by atoms with Crippen molar-refractivity contribution in [2.24, 2.45) is 0 Å². The molecule has 110 valence electrons. The van der Waals surface area contributed by atoms with Crippen molar-refractivity contribution in [1.82, 2.24) is 5.32 Å². The van der Waals surface area contributed by atoms with Gasteiger partial charge >= 0.3 is 12.0 Å². The summed E-state index contributed by atoms with van der Waals surface area (Å²) < 4.78 is 0. The average Bonchev–Trinajstić information content (AvgIpc) is 2.33. The van der Waals surface area contributed by atoms with Crippen LogP contribution < -0.4 is 10.6 Å². The lowest BCUT2D eigenvalue weighted by atomic mass is 10.1. The van der Waals surface area contributed by atoms with E-state index in [1.807, 2.05) is 19.9 Å². The summed E-state index contributed by atoms with van der Waals surface area (Å²) >= 11 is 6.02. The van der Waals surface area contributed by atoms with Gasteiger partial charge in [0.25, 0.3) is 0 Å². The fourth-order valence-electron chi connectivity index (χ4n) is 1.91. The minimum atomic E-state index is -0.933. The highest BCUT2D eigenvalue weighted by molar-refractivity contribution is 6.33. The third kappa shape index (κ3) is 5.09. The third-order valence-electron chi connectivity index (χ3n) is 2.85. The summed E-state index contributed by atoms with van der Waals surface area (Å²) in [6, 6.07) is 4.49. The molecule has 0 saturated carbocycles. The van der Waals surface area contributed by atoms with E-state index in [0.29, 0.717) is 17.1 Å². The van der Waals surface area contributed by atoms with Gasteiger partial charge in [-0.1, -0.05) is 37.1 Å². The standard InChI is InChI=1S/C14H19ClN2O3/c1-3-5-10(8-12(18)19)16-14(20)17-13-9(2)6-4-7-11(13)15/h4,6-7,10H,3,5,8H2,1-2H3,(H,18,19)(H2,16,17,20). The molecular formula is C14H19ClN2O3. The zero-order chi connectivity index (χ0) is 15.1. The number of hydrogen-bond donors (Lipinski definition) is 3. The van der Waals surface area contributed by atoms with E-state index in [2.05, 4.69) is 10.6 Å². The molecule has 0 bridgehead atoms. The molecule has 2 amide bonds. The topological polar surface area (TPSA) is 78.4 Å². The molecule has 0 radical (unpaired) electrons. The Bertz CT molecular complexity index is 471. The van der Waals surface area contributed by atoms with Gasteiger partial charge in [0.1, 0.15) is 0 Å². The summed E-state index contributed by atoms with van der Waals surface area (Å²) in [5.41, 5.74) is 1.38. The molecule has 0 aliphatic rings. The number of hydrogen-bond acceptors (Lipinski definition) is 2. The molecule has 1 aromatic rings. The second kappa shape index (κ2) is 7.75. The zero-order valence-electron chi connectivity index (χ0n) is 11.6. The second-order valence-corrected chi connectivity index (χ2v) is 5.02. The highest BCUT2D eigenvalue weighted by Gasteiger charge is 2.16. The van der Waals surface area contributed by atoms with Crippen molar-refractivity contribution in [2.75, 3.05) is 5.32 Å². The molecule has 0 fully saturated rings. The van der Waals surface area contributed by atoms with E-state index >= 15 is 0 Å². The van der Waals surface area contributed by atoms with Gasteiger partial charge in [-0.2, -0.15) is 0 Å². The molecule has 0 saturated heterocycles. The van der Waals surface area contributed by atoms with Gasteiger partial charge in [-0.25, -0.2) is 4.79 Å². The number of benzene rings is 1. The Morgan fingerprint density at radius 1 is 1.40 bits per heavy atom. The third-order valence-corrected chi connectivity index (χ3v) is 3.17. The van der Waals surface area contributed by atoms with E-state index in [1.165, 1.54) is 0 Å². The van der Waals surface area contributed by atoms with Gasteiger partial charge in [0.15, 0.2) is 0 Å². The smallest absolute Gasteiger partial charge is 0.319 e. The van der Waals surface area contributed by atoms with Gasteiger partial charge in [-0.3, -0.25) is 4.79 Å². The minimum Gasteiger partial charge on any atom is -0.481 e. The Kier molecular flexibility index (Phi) is 6.31. The van der Waals surface area contributed by atoms with Crippen molar-refractivity contribution >= 4 is 29.3 Å². The number of anilines is 1. The lowest BCUT2D eigenvalue weighted by molar-refractivity contribution is -0.137. The SMILES string of the molecule is CCCC(CC(=O)O)NC(=O)Nc1c(C)cccc1Cl. The van der Waals surface area contributed by atoms with Gasteiger partial charge < -0.3 is 15.7 Å². The van der Waals surface area contributed by atoms with Crippen LogP contribution in [0.4, 0.5) is 10.5 Å². The number of para-hydroxylation sites is 1. The molecule has 1 atom stereocenters. The number of carboxylic acids is 1. The van der Waals surface area contributed by atoms with E-state index in [-0.39, 0.29) is 12.5 Å². The Morgan fingerprint density at radius 3 is 2.65 bits per heavy atom. The van der Waals surface area contributed by atoms with Crippen LogP contribution in [-0.4, -0.2) is 23.1 Å². The number of nitrogens with one attached hydrogen (secondary N) is 2. The van der Waals surface area contributed by atoms with Crippen LogP contribution in [0.5, 0.6) is 0 Å². The average molecular weight is 299 g/mol. The summed E-state index contributed by atoms with van der Waals surface area (Å²) in [4.78, 5) is 22.6. The summed E-state index contributed by atoms with van der Waals surface area (Å²) in [5, 5.41) is 14.6. The molecule has 6 heteroatoms. The normalized spacial score (nSPS) is 11.8. The lowest BCUT2D eigenvalue weighted by Gasteiger charge is -2.17. The maximum Gasteiger partial charge on any atom is 0.319 e. The number of carbonyl (C=O) groups excluding carboxylic acids is 1. The molecule has 1 aromatic carbocycles. The first-order valence-corrected chi connectivity index (χ1v) is 6.86. The number of aryl methyl sites for hydroxylation is 1. The van der Waals surface area contributed by atoms with Crippen molar-refractivity contribution in [2.45, 2.75) is 39.2 Å². The summed E-state index contributed by atoms with van der Waals surface area (Å²) in [6.45, 7) is 3.77. The Labute approximate surface area is 123 Å². The number of carbonyl (C=O) groups is 2. The molecule has 0 heterocycles. The fraction of sp³-hybridized carbons (Fsp3) is 0.429.